The van der Waals surface area contributed by atoms with Crippen molar-refractivity contribution < 1.29 is 18.3 Å². The number of benzene rings is 3. The zero-order chi connectivity index (χ0) is 22.8. The summed E-state index contributed by atoms with van der Waals surface area (Å²) in [5, 5.41) is 5.41. The largest absolute Gasteiger partial charge is 0.494 e. The average molecular weight is 434 g/mol. The Morgan fingerprint density at radius 2 is 1.75 bits per heavy atom. The Balaban J connectivity index is 1.92. The van der Waals surface area contributed by atoms with Crippen LogP contribution in [0.25, 0.3) is 22.0 Å². The van der Waals surface area contributed by atoms with Crippen LogP contribution in [0.15, 0.2) is 65.5 Å². The molecule has 0 unspecified atom stereocenters. The van der Waals surface area contributed by atoms with Gasteiger partial charge in [0.2, 0.25) is 0 Å². The van der Waals surface area contributed by atoms with Gasteiger partial charge in [-0.3, -0.25) is 9.59 Å². The lowest BCUT2D eigenvalue weighted by Crippen LogP contribution is -2.25. The smallest absolute Gasteiger partial charge is 0.274 e. The number of hydrogen-bond donors (Lipinski definition) is 0. The maximum atomic E-state index is 13.9. The lowest BCUT2D eigenvalue weighted by atomic mass is 10.0. The van der Waals surface area contributed by atoms with E-state index in [1.165, 1.54) is 17.7 Å². The summed E-state index contributed by atoms with van der Waals surface area (Å²) < 4.78 is 34.3. The third kappa shape index (κ3) is 4.01. The Hall–Kier alpha value is -3.87. The molecule has 5 nitrogen and oxygen atoms in total. The molecule has 0 spiro atoms. The fourth-order valence-corrected chi connectivity index (χ4v) is 3.58. The van der Waals surface area contributed by atoms with Crippen LogP contribution in [0.2, 0.25) is 0 Å². The lowest BCUT2D eigenvalue weighted by molar-refractivity contribution is 0.101. The van der Waals surface area contributed by atoms with Crippen molar-refractivity contribution in [2.45, 2.75) is 20.4 Å². The second-order valence-corrected chi connectivity index (χ2v) is 7.30. The quantitative estimate of drug-likeness (QED) is 0.401. The molecule has 0 aliphatic rings. The molecular weight excluding hydrogens is 414 g/mol. The highest BCUT2D eigenvalue weighted by Crippen LogP contribution is 2.27. The highest BCUT2D eigenvalue weighted by molar-refractivity contribution is 5.95. The number of Topliss-reactive ketones (excluding diaryl/α,β-unsaturated/α-hetero) is 1. The molecule has 0 aliphatic carbocycles. The van der Waals surface area contributed by atoms with Crippen LogP contribution in [-0.4, -0.2) is 22.2 Å². The van der Waals surface area contributed by atoms with Gasteiger partial charge in [0, 0.05) is 22.1 Å². The van der Waals surface area contributed by atoms with Crippen LogP contribution in [0.3, 0.4) is 0 Å². The number of hydrogen-bond acceptors (Lipinski definition) is 4. The maximum Gasteiger partial charge on any atom is 0.274 e. The fourth-order valence-electron chi connectivity index (χ4n) is 3.58. The number of ether oxygens (including phenoxy) is 1. The Labute approximate surface area is 182 Å². The van der Waals surface area contributed by atoms with Gasteiger partial charge in [-0.2, -0.15) is 5.10 Å². The first-order chi connectivity index (χ1) is 15.4. The van der Waals surface area contributed by atoms with Crippen molar-refractivity contribution in [3.8, 4) is 17.0 Å². The average Bonchev–Trinajstić information content (AvgIpc) is 2.79. The molecule has 0 bridgehead atoms. The number of carbonyl (C=O) groups excluding carboxylic acids is 1. The maximum absolute atomic E-state index is 13.9. The van der Waals surface area contributed by atoms with E-state index in [1.807, 2.05) is 6.92 Å². The van der Waals surface area contributed by atoms with Crippen molar-refractivity contribution in [1.29, 1.82) is 0 Å². The van der Waals surface area contributed by atoms with E-state index in [-0.39, 0.29) is 17.9 Å². The molecule has 0 saturated carbocycles. The minimum Gasteiger partial charge on any atom is -0.494 e. The molecule has 4 rings (SSSR count). The van der Waals surface area contributed by atoms with Crippen molar-refractivity contribution in [2.75, 3.05) is 6.61 Å². The number of carbonyl (C=O) groups is 1. The summed E-state index contributed by atoms with van der Waals surface area (Å²) >= 11 is 0. The monoisotopic (exact) mass is 434 g/mol. The topological polar surface area (TPSA) is 61.2 Å². The summed E-state index contributed by atoms with van der Waals surface area (Å²) in [6.45, 7) is 3.74. The van der Waals surface area contributed by atoms with Crippen molar-refractivity contribution in [3.05, 3.63) is 93.8 Å². The van der Waals surface area contributed by atoms with Crippen LogP contribution < -0.4 is 10.3 Å². The molecule has 0 amide bonds. The molecule has 0 fully saturated rings. The molecular formula is C25H20F2N2O3. The SMILES string of the molecule is CCOc1ccc(C(C)=O)cc1Cn1nc(-c2ccc(F)c(F)c2)c2ccccc2c1=O. The summed E-state index contributed by atoms with van der Waals surface area (Å²) in [4.78, 5) is 25.1. The molecule has 32 heavy (non-hydrogen) atoms. The molecule has 1 heterocycles. The number of nitrogens with zero attached hydrogens (tertiary/aromatic N) is 2. The van der Waals surface area contributed by atoms with Crippen molar-refractivity contribution in [3.63, 3.8) is 0 Å². The predicted octanol–water partition coefficient (Wildman–Crippen LogP) is 4.99. The Morgan fingerprint density at radius 1 is 1.00 bits per heavy atom. The van der Waals surface area contributed by atoms with Crippen molar-refractivity contribution >= 4 is 16.6 Å². The van der Waals surface area contributed by atoms with Crippen LogP contribution in [-0.2, 0) is 6.54 Å². The molecule has 0 saturated heterocycles. The zero-order valence-corrected chi connectivity index (χ0v) is 17.6. The first-order valence-electron chi connectivity index (χ1n) is 10.1. The van der Waals surface area contributed by atoms with Gasteiger partial charge in [0.05, 0.1) is 24.2 Å². The highest BCUT2D eigenvalue weighted by atomic mass is 19.2. The van der Waals surface area contributed by atoms with Gasteiger partial charge in [-0.25, -0.2) is 13.5 Å². The molecule has 3 aromatic carbocycles. The summed E-state index contributed by atoms with van der Waals surface area (Å²) in [5.74, 6) is -1.54. The van der Waals surface area contributed by atoms with E-state index in [2.05, 4.69) is 5.10 Å². The van der Waals surface area contributed by atoms with Gasteiger partial charge in [-0.15, -0.1) is 0 Å². The lowest BCUT2D eigenvalue weighted by Gasteiger charge is -2.15. The standard InChI is InChI=1S/C25H20F2N2O3/c1-3-32-23-11-9-16(15(2)30)12-18(23)14-29-25(31)20-7-5-4-6-19(20)24(28-29)17-8-10-21(26)22(27)13-17/h4-13H,3,14H2,1-2H3. The summed E-state index contributed by atoms with van der Waals surface area (Å²) in [5.41, 5.74) is 1.44. The first kappa shape index (κ1) is 21.4. The Bertz CT molecular complexity index is 1400. The van der Waals surface area contributed by atoms with Crippen LogP contribution >= 0.6 is 0 Å². The summed E-state index contributed by atoms with van der Waals surface area (Å²) in [6.07, 6.45) is 0. The number of ketones is 1. The van der Waals surface area contributed by atoms with E-state index in [0.29, 0.717) is 45.5 Å². The van der Waals surface area contributed by atoms with Gasteiger partial charge >= 0.3 is 0 Å². The minimum atomic E-state index is -1.00. The number of halogens is 2. The van der Waals surface area contributed by atoms with E-state index in [4.69, 9.17) is 4.74 Å². The molecule has 0 N–H and O–H groups in total. The van der Waals surface area contributed by atoms with E-state index >= 15 is 0 Å². The number of rotatable bonds is 6. The van der Waals surface area contributed by atoms with Gasteiger partial charge < -0.3 is 4.74 Å². The normalized spacial score (nSPS) is 11.0. The molecule has 162 valence electrons. The van der Waals surface area contributed by atoms with Crippen molar-refractivity contribution in [2.24, 2.45) is 0 Å². The number of aromatic nitrogens is 2. The highest BCUT2D eigenvalue weighted by Gasteiger charge is 2.16. The Morgan fingerprint density at radius 3 is 2.44 bits per heavy atom. The molecule has 7 heteroatoms. The predicted molar refractivity (Wildman–Crippen MR) is 118 cm³/mol. The summed E-state index contributed by atoms with van der Waals surface area (Å²) in [6, 6.07) is 15.4. The molecule has 1 aromatic heterocycles. The second-order valence-electron chi connectivity index (χ2n) is 7.30. The van der Waals surface area contributed by atoms with Crippen LogP contribution in [0.4, 0.5) is 8.78 Å². The third-order valence-electron chi connectivity index (χ3n) is 5.15. The Kier molecular flexibility index (Phi) is 5.81. The summed E-state index contributed by atoms with van der Waals surface area (Å²) in [7, 11) is 0. The number of fused-ring (bicyclic) bond motifs is 1. The second kappa shape index (κ2) is 8.70. The van der Waals surface area contributed by atoms with Gasteiger partial charge in [0.25, 0.3) is 5.56 Å². The van der Waals surface area contributed by atoms with Gasteiger partial charge in [-0.05, 0) is 56.3 Å². The van der Waals surface area contributed by atoms with E-state index < -0.39 is 11.6 Å². The van der Waals surface area contributed by atoms with E-state index in [9.17, 15) is 18.4 Å². The van der Waals surface area contributed by atoms with Crippen LogP contribution in [0.5, 0.6) is 5.75 Å². The van der Waals surface area contributed by atoms with Crippen LogP contribution in [0, 0.1) is 11.6 Å². The molecule has 0 aliphatic heterocycles. The van der Waals surface area contributed by atoms with Crippen molar-refractivity contribution in [1.82, 2.24) is 9.78 Å². The molecule has 4 aromatic rings. The van der Waals surface area contributed by atoms with Gasteiger partial charge in [0.15, 0.2) is 17.4 Å². The minimum absolute atomic E-state index is 0.0385. The molecule has 0 atom stereocenters. The fraction of sp³-hybridized carbons (Fsp3) is 0.160. The van der Waals surface area contributed by atoms with E-state index in [1.54, 1.807) is 42.5 Å². The van der Waals surface area contributed by atoms with Crippen LogP contribution in [0.1, 0.15) is 29.8 Å². The zero-order valence-electron chi connectivity index (χ0n) is 17.6. The van der Waals surface area contributed by atoms with E-state index in [0.717, 1.165) is 12.1 Å². The third-order valence-corrected chi connectivity index (χ3v) is 5.15. The molecule has 0 radical (unpaired) electrons. The van der Waals surface area contributed by atoms with Gasteiger partial charge in [-0.1, -0.05) is 18.2 Å². The first-order valence-corrected chi connectivity index (χ1v) is 10.1. The van der Waals surface area contributed by atoms with Gasteiger partial charge in [0.1, 0.15) is 5.75 Å².